The zero-order chi connectivity index (χ0) is 21.8. The molecule has 3 aromatic carbocycles. The first kappa shape index (κ1) is 21.6. The topological polar surface area (TPSA) is 107 Å². The molecule has 1 amide bonds. The number of hydrogen-bond acceptors (Lipinski definition) is 5. The Morgan fingerprint density at radius 3 is 2.43 bits per heavy atom. The number of amides is 1. The second-order valence-corrected chi connectivity index (χ2v) is 8.16. The summed E-state index contributed by atoms with van der Waals surface area (Å²) in [5, 5.41) is 11.9. The van der Waals surface area contributed by atoms with Gasteiger partial charge in [0, 0.05) is 30.9 Å². The molecule has 0 fully saturated rings. The van der Waals surface area contributed by atoms with Gasteiger partial charge >= 0.3 is 0 Å². The van der Waals surface area contributed by atoms with E-state index in [1.165, 1.54) is 17.0 Å². The van der Waals surface area contributed by atoms with Crippen LogP contribution in [0.25, 0.3) is 0 Å². The summed E-state index contributed by atoms with van der Waals surface area (Å²) >= 11 is 6.09. The van der Waals surface area contributed by atoms with Crippen molar-refractivity contribution in [3.05, 3.63) is 93.0 Å². The molecule has 0 aliphatic rings. The molecule has 0 saturated carbocycles. The molecule has 0 aliphatic carbocycles. The van der Waals surface area contributed by atoms with Gasteiger partial charge in [0.1, 0.15) is 4.90 Å². The van der Waals surface area contributed by atoms with Crippen molar-refractivity contribution in [2.45, 2.75) is 16.3 Å². The molecule has 1 unspecified atom stereocenters. The van der Waals surface area contributed by atoms with Crippen LogP contribution in [0.15, 0.2) is 76.5 Å². The zero-order valence-electron chi connectivity index (χ0n) is 15.9. The minimum absolute atomic E-state index is 0.0327. The normalized spacial score (nSPS) is 11.7. The summed E-state index contributed by atoms with van der Waals surface area (Å²) in [4.78, 5) is 25.6. The number of rotatable bonds is 6. The van der Waals surface area contributed by atoms with Crippen LogP contribution < -0.4 is 10.6 Å². The third kappa shape index (κ3) is 4.25. The van der Waals surface area contributed by atoms with Gasteiger partial charge in [0.05, 0.1) is 25.6 Å². The number of halogens is 1. The van der Waals surface area contributed by atoms with Crippen LogP contribution in [0.4, 0.5) is 11.4 Å². The van der Waals surface area contributed by atoms with Crippen molar-refractivity contribution in [3.63, 3.8) is 0 Å². The van der Waals surface area contributed by atoms with E-state index in [0.717, 1.165) is 11.6 Å². The summed E-state index contributed by atoms with van der Waals surface area (Å²) in [5.74, 6) is -0.450. The standard InChI is InChI=1S/C21H18ClN3O4S/c1-24(17-8-4-2-6-15(17)13-23)21(26)14-10-11-20(18(12-14)25(27)28)30(29)19-9-5-3-7-16(19)22/h2-12H,13,23H2,1H3. The van der Waals surface area contributed by atoms with Crippen LogP contribution in [0.5, 0.6) is 0 Å². The van der Waals surface area contributed by atoms with Crippen molar-refractivity contribution in [1.29, 1.82) is 0 Å². The van der Waals surface area contributed by atoms with Crippen molar-refractivity contribution in [1.82, 2.24) is 0 Å². The highest BCUT2D eigenvalue weighted by Gasteiger charge is 2.25. The number of nitrogens with two attached hydrogens (primary N) is 1. The molecule has 0 heterocycles. The van der Waals surface area contributed by atoms with Crippen molar-refractivity contribution in [2.24, 2.45) is 5.73 Å². The monoisotopic (exact) mass is 443 g/mol. The van der Waals surface area contributed by atoms with Crippen LogP contribution in [-0.2, 0) is 17.3 Å². The first-order chi connectivity index (χ1) is 14.3. The average molecular weight is 444 g/mol. The summed E-state index contributed by atoms with van der Waals surface area (Å²) in [7, 11) is -0.311. The quantitative estimate of drug-likeness (QED) is 0.455. The van der Waals surface area contributed by atoms with Crippen molar-refractivity contribution < 1.29 is 13.9 Å². The van der Waals surface area contributed by atoms with E-state index >= 15 is 0 Å². The fourth-order valence-corrected chi connectivity index (χ4v) is 4.52. The summed E-state index contributed by atoms with van der Waals surface area (Å²) in [6.45, 7) is 0.240. The predicted molar refractivity (Wildman–Crippen MR) is 116 cm³/mol. The van der Waals surface area contributed by atoms with Gasteiger partial charge in [-0.2, -0.15) is 0 Å². The van der Waals surface area contributed by atoms with Gasteiger partial charge in [0.15, 0.2) is 0 Å². The van der Waals surface area contributed by atoms with E-state index in [1.54, 1.807) is 49.5 Å². The summed E-state index contributed by atoms with van der Waals surface area (Å²) < 4.78 is 12.9. The number of hydrogen-bond donors (Lipinski definition) is 1. The molecule has 1 atom stereocenters. The molecule has 7 nitrogen and oxygen atoms in total. The van der Waals surface area contributed by atoms with Crippen LogP contribution >= 0.6 is 11.6 Å². The molecule has 0 saturated heterocycles. The Balaban J connectivity index is 2.01. The van der Waals surface area contributed by atoms with Gasteiger partial charge in [-0.25, -0.2) is 4.21 Å². The molecule has 0 spiro atoms. The molecule has 3 aromatic rings. The summed E-state index contributed by atoms with van der Waals surface area (Å²) in [6.07, 6.45) is 0. The SMILES string of the molecule is CN(C(=O)c1ccc(S(=O)c2ccccc2Cl)c([N+](=O)[O-])c1)c1ccccc1CN. The number of carbonyl (C=O) groups excluding carboxylic acids is 1. The Labute approximate surface area is 180 Å². The van der Waals surface area contributed by atoms with Crippen molar-refractivity contribution in [3.8, 4) is 0 Å². The number of benzene rings is 3. The molecule has 30 heavy (non-hydrogen) atoms. The maximum absolute atomic E-state index is 13.0. The Kier molecular flexibility index (Phi) is 6.61. The number of carbonyl (C=O) groups is 1. The molecule has 3 rings (SSSR count). The van der Waals surface area contributed by atoms with Gasteiger partial charge in [-0.05, 0) is 35.9 Å². The highest BCUT2D eigenvalue weighted by Crippen LogP contribution is 2.31. The number of anilines is 1. The van der Waals surface area contributed by atoms with Crippen molar-refractivity contribution >= 4 is 39.7 Å². The molecular formula is C21H18ClN3O4S. The lowest BCUT2D eigenvalue weighted by Gasteiger charge is -2.20. The van der Waals surface area contributed by atoms with Gasteiger partial charge in [0.25, 0.3) is 11.6 Å². The van der Waals surface area contributed by atoms with Gasteiger partial charge in [-0.15, -0.1) is 0 Å². The van der Waals surface area contributed by atoms with Crippen LogP contribution in [0.3, 0.4) is 0 Å². The predicted octanol–water partition coefficient (Wildman–Crippen LogP) is 4.15. The Morgan fingerprint density at radius 2 is 1.77 bits per heavy atom. The fraction of sp³-hybridized carbons (Fsp3) is 0.0952. The second-order valence-electron chi connectivity index (χ2n) is 6.34. The molecule has 0 radical (unpaired) electrons. The maximum atomic E-state index is 13.0. The van der Waals surface area contributed by atoms with Crippen molar-refractivity contribution in [2.75, 3.05) is 11.9 Å². The molecule has 9 heteroatoms. The fourth-order valence-electron chi connectivity index (χ4n) is 2.98. The number of para-hydroxylation sites is 1. The maximum Gasteiger partial charge on any atom is 0.286 e. The van der Waals surface area contributed by atoms with Crippen LogP contribution in [-0.4, -0.2) is 22.1 Å². The zero-order valence-corrected chi connectivity index (χ0v) is 17.5. The Bertz CT molecular complexity index is 1150. The first-order valence-corrected chi connectivity index (χ1v) is 10.4. The van der Waals surface area contributed by atoms with Crippen LogP contribution in [0, 0.1) is 10.1 Å². The molecule has 154 valence electrons. The smallest absolute Gasteiger partial charge is 0.286 e. The van der Waals surface area contributed by atoms with E-state index in [4.69, 9.17) is 17.3 Å². The van der Waals surface area contributed by atoms with Gasteiger partial charge in [0.2, 0.25) is 0 Å². The van der Waals surface area contributed by atoms with E-state index in [9.17, 15) is 19.1 Å². The van der Waals surface area contributed by atoms with Gasteiger partial charge in [-0.3, -0.25) is 14.9 Å². The molecule has 0 aliphatic heterocycles. The second kappa shape index (κ2) is 9.17. The molecule has 0 bridgehead atoms. The lowest BCUT2D eigenvalue weighted by atomic mass is 10.1. The molecule has 2 N–H and O–H groups in total. The van der Waals surface area contributed by atoms with E-state index < -0.39 is 27.3 Å². The number of nitro benzene ring substituents is 1. The van der Waals surface area contributed by atoms with Crippen LogP contribution in [0.1, 0.15) is 15.9 Å². The third-order valence-corrected chi connectivity index (χ3v) is 6.46. The van der Waals surface area contributed by atoms with Gasteiger partial charge in [-0.1, -0.05) is 41.9 Å². The minimum atomic E-state index is -1.88. The Hall–Kier alpha value is -3.07. The third-order valence-electron chi connectivity index (χ3n) is 4.52. The summed E-state index contributed by atoms with van der Waals surface area (Å²) in [6, 6.07) is 17.4. The van der Waals surface area contributed by atoms with E-state index in [2.05, 4.69) is 0 Å². The highest BCUT2D eigenvalue weighted by molar-refractivity contribution is 7.85. The van der Waals surface area contributed by atoms with E-state index in [1.807, 2.05) is 6.07 Å². The van der Waals surface area contributed by atoms with E-state index in [-0.39, 0.29) is 26.9 Å². The van der Waals surface area contributed by atoms with Crippen LogP contribution in [0.2, 0.25) is 5.02 Å². The minimum Gasteiger partial charge on any atom is -0.326 e. The van der Waals surface area contributed by atoms with Gasteiger partial charge < -0.3 is 10.6 Å². The molecule has 0 aromatic heterocycles. The Morgan fingerprint density at radius 1 is 1.10 bits per heavy atom. The largest absolute Gasteiger partial charge is 0.326 e. The lowest BCUT2D eigenvalue weighted by Crippen LogP contribution is -2.27. The number of nitrogens with zero attached hydrogens (tertiary/aromatic N) is 2. The molecular weight excluding hydrogens is 426 g/mol. The average Bonchev–Trinajstić information content (AvgIpc) is 2.77. The van der Waals surface area contributed by atoms with E-state index in [0.29, 0.717) is 5.69 Å². The summed E-state index contributed by atoms with van der Waals surface area (Å²) in [5.41, 5.74) is 6.79. The number of nitro groups is 1. The lowest BCUT2D eigenvalue weighted by molar-refractivity contribution is -0.387. The highest BCUT2D eigenvalue weighted by atomic mass is 35.5. The first-order valence-electron chi connectivity index (χ1n) is 8.86.